The highest BCUT2D eigenvalue weighted by Crippen LogP contribution is 2.28. The Labute approximate surface area is 84.5 Å². The van der Waals surface area contributed by atoms with Crippen LogP contribution >= 0.6 is 0 Å². The number of carbonyl (C=O) groups is 1. The fourth-order valence-corrected chi connectivity index (χ4v) is 1.81. The molecule has 1 aliphatic heterocycles. The monoisotopic (exact) mass is 188 g/mol. The molecule has 14 heavy (non-hydrogen) atoms. The second-order valence-corrected chi connectivity index (χ2v) is 3.95. The summed E-state index contributed by atoms with van der Waals surface area (Å²) in [6.07, 6.45) is 0.975. The Morgan fingerprint density at radius 3 is 3.07 bits per heavy atom. The summed E-state index contributed by atoms with van der Waals surface area (Å²) in [5, 5.41) is 0. The van der Waals surface area contributed by atoms with Crippen LogP contribution in [0.3, 0.4) is 0 Å². The molecule has 0 spiro atoms. The molecular weight excluding hydrogens is 174 g/mol. The smallest absolute Gasteiger partial charge is 0.229 e. The second kappa shape index (κ2) is 3.45. The van der Waals surface area contributed by atoms with Crippen LogP contribution in [0.25, 0.3) is 0 Å². The lowest BCUT2D eigenvalue weighted by Crippen LogP contribution is -2.32. The lowest BCUT2D eigenvalue weighted by atomic mass is 10.1. The van der Waals surface area contributed by atoms with Gasteiger partial charge in [-0.15, -0.1) is 0 Å². The summed E-state index contributed by atoms with van der Waals surface area (Å²) in [6, 6.07) is 8.88. The molecule has 2 nitrogen and oxygen atoms in total. The van der Waals surface area contributed by atoms with E-state index in [9.17, 15) is 4.79 Å². The van der Waals surface area contributed by atoms with Crippen molar-refractivity contribution in [3.05, 3.63) is 29.8 Å². The Morgan fingerprint density at radius 2 is 2.36 bits per heavy atom. The number of carbonyl (C=O) groups excluding carboxylic acids is 1. The number of hydrogen-bond acceptors (Lipinski definition) is 1. The largest absolute Gasteiger partial charge is 0.312 e. The predicted molar refractivity (Wildman–Crippen MR) is 56.2 cm³/mol. The minimum absolute atomic E-state index is 0.0705. The zero-order valence-electron chi connectivity index (χ0n) is 8.58. The van der Waals surface area contributed by atoms with Crippen molar-refractivity contribution in [1.82, 2.24) is 0 Å². The molecule has 1 amide bonds. The molecule has 0 fully saturated rings. The number of amides is 1. The van der Waals surface area contributed by atoms with Crippen LogP contribution in [-0.4, -0.2) is 12.5 Å². The lowest BCUT2D eigenvalue weighted by molar-refractivity contribution is -0.121. The highest BCUT2D eigenvalue weighted by molar-refractivity contribution is 5.96. The molecule has 0 aliphatic carbocycles. The lowest BCUT2D eigenvalue weighted by Gasteiger charge is -2.19. The van der Waals surface area contributed by atoms with Crippen LogP contribution in [0.15, 0.2) is 18.2 Å². The van der Waals surface area contributed by atoms with Gasteiger partial charge in [0, 0.05) is 18.2 Å². The third kappa shape index (κ3) is 1.41. The average molecular weight is 188 g/mol. The number of benzene rings is 1. The van der Waals surface area contributed by atoms with Gasteiger partial charge in [-0.05, 0) is 24.1 Å². The summed E-state index contributed by atoms with van der Waals surface area (Å²) < 4.78 is 0. The van der Waals surface area contributed by atoms with E-state index in [-0.39, 0.29) is 11.8 Å². The first kappa shape index (κ1) is 9.25. The van der Waals surface area contributed by atoms with Gasteiger partial charge in [-0.25, -0.2) is 0 Å². The van der Waals surface area contributed by atoms with Gasteiger partial charge in [-0.3, -0.25) is 4.79 Å². The molecule has 0 bridgehead atoms. The summed E-state index contributed by atoms with van der Waals surface area (Å²) in [7, 11) is 0. The van der Waals surface area contributed by atoms with Gasteiger partial charge in [0.2, 0.25) is 5.91 Å². The Kier molecular flexibility index (Phi) is 2.28. The fraction of sp³-hybridized carbons (Fsp3) is 0.417. The molecule has 1 radical (unpaired) electrons. The first-order chi connectivity index (χ1) is 6.70. The number of hydrogen-bond donors (Lipinski definition) is 0. The van der Waals surface area contributed by atoms with E-state index in [0.717, 1.165) is 18.7 Å². The average Bonchev–Trinajstić information content (AvgIpc) is 2.60. The number of anilines is 1. The molecular formula is C12H14NO. The first-order valence-corrected chi connectivity index (χ1v) is 5.00. The molecule has 1 aliphatic rings. The van der Waals surface area contributed by atoms with E-state index < -0.39 is 0 Å². The normalized spacial score (nSPS) is 14.6. The van der Waals surface area contributed by atoms with Crippen LogP contribution in [0.4, 0.5) is 5.69 Å². The van der Waals surface area contributed by atoms with E-state index in [0.29, 0.717) is 0 Å². The maximum absolute atomic E-state index is 11.8. The van der Waals surface area contributed by atoms with Crippen molar-refractivity contribution in [2.24, 2.45) is 5.92 Å². The van der Waals surface area contributed by atoms with E-state index in [4.69, 9.17) is 0 Å². The maximum Gasteiger partial charge on any atom is 0.229 e. The topological polar surface area (TPSA) is 20.3 Å². The van der Waals surface area contributed by atoms with Gasteiger partial charge in [0.05, 0.1) is 0 Å². The first-order valence-electron chi connectivity index (χ1n) is 5.00. The van der Waals surface area contributed by atoms with Crippen molar-refractivity contribution in [1.29, 1.82) is 0 Å². The summed E-state index contributed by atoms with van der Waals surface area (Å²) >= 11 is 0. The summed E-state index contributed by atoms with van der Waals surface area (Å²) in [5.74, 6) is 0.282. The van der Waals surface area contributed by atoms with E-state index in [1.807, 2.05) is 36.9 Å². The Bertz CT molecular complexity index is 357. The second-order valence-electron chi connectivity index (χ2n) is 3.95. The van der Waals surface area contributed by atoms with Gasteiger partial charge in [0.1, 0.15) is 0 Å². The van der Waals surface area contributed by atoms with E-state index in [1.54, 1.807) is 0 Å². The van der Waals surface area contributed by atoms with Crippen molar-refractivity contribution in [2.45, 2.75) is 20.3 Å². The standard InChI is InChI=1S/C12H14NO/c1-9(2)12(14)13-8-7-10-5-3-4-6-11(10)13/h3,5-6,9H,7-8H2,1-2H3. The van der Waals surface area contributed by atoms with E-state index in [1.165, 1.54) is 5.56 Å². The van der Waals surface area contributed by atoms with Crippen LogP contribution in [0.2, 0.25) is 0 Å². The van der Waals surface area contributed by atoms with Gasteiger partial charge in [-0.1, -0.05) is 26.0 Å². The molecule has 2 heteroatoms. The van der Waals surface area contributed by atoms with Crippen LogP contribution in [0, 0.1) is 12.0 Å². The molecule has 0 saturated carbocycles. The molecule has 0 atom stereocenters. The number of nitrogens with zero attached hydrogens (tertiary/aromatic N) is 1. The molecule has 1 heterocycles. The third-order valence-electron chi connectivity index (χ3n) is 2.59. The van der Waals surface area contributed by atoms with Gasteiger partial charge in [0.25, 0.3) is 0 Å². The van der Waals surface area contributed by atoms with E-state index >= 15 is 0 Å². The Balaban J connectivity index is 2.30. The van der Waals surface area contributed by atoms with Crippen LogP contribution in [0.1, 0.15) is 19.4 Å². The molecule has 2 rings (SSSR count). The third-order valence-corrected chi connectivity index (χ3v) is 2.59. The van der Waals surface area contributed by atoms with Gasteiger partial charge < -0.3 is 4.90 Å². The van der Waals surface area contributed by atoms with Crippen molar-refractivity contribution in [3.63, 3.8) is 0 Å². The minimum Gasteiger partial charge on any atom is -0.312 e. The predicted octanol–water partition coefficient (Wildman–Crippen LogP) is 2.03. The van der Waals surface area contributed by atoms with Crippen molar-refractivity contribution < 1.29 is 4.79 Å². The zero-order chi connectivity index (χ0) is 10.1. The van der Waals surface area contributed by atoms with Crippen LogP contribution < -0.4 is 4.90 Å². The fourth-order valence-electron chi connectivity index (χ4n) is 1.81. The molecule has 1 aromatic carbocycles. The minimum atomic E-state index is 0.0705. The SMILES string of the molecule is CC(C)C(=O)N1CCc2cc[c]cc21. The highest BCUT2D eigenvalue weighted by atomic mass is 16.2. The maximum atomic E-state index is 11.8. The molecule has 0 saturated heterocycles. The molecule has 73 valence electrons. The van der Waals surface area contributed by atoms with Crippen molar-refractivity contribution in [2.75, 3.05) is 11.4 Å². The quantitative estimate of drug-likeness (QED) is 0.660. The van der Waals surface area contributed by atoms with Crippen molar-refractivity contribution >= 4 is 11.6 Å². The number of fused-ring (bicyclic) bond motifs is 1. The molecule has 1 aromatic rings. The van der Waals surface area contributed by atoms with E-state index in [2.05, 4.69) is 6.07 Å². The van der Waals surface area contributed by atoms with Gasteiger partial charge in [0.15, 0.2) is 0 Å². The Hall–Kier alpha value is -1.31. The summed E-state index contributed by atoms with van der Waals surface area (Å²) in [5.41, 5.74) is 2.31. The van der Waals surface area contributed by atoms with Gasteiger partial charge >= 0.3 is 0 Å². The molecule has 0 aromatic heterocycles. The summed E-state index contributed by atoms with van der Waals surface area (Å²) in [4.78, 5) is 13.7. The van der Waals surface area contributed by atoms with Crippen LogP contribution in [0.5, 0.6) is 0 Å². The summed E-state index contributed by atoms with van der Waals surface area (Å²) in [6.45, 7) is 4.70. The van der Waals surface area contributed by atoms with Crippen LogP contribution in [-0.2, 0) is 11.2 Å². The zero-order valence-corrected chi connectivity index (χ0v) is 8.58. The molecule has 0 unspecified atom stereocenters. The van der Waals surface area contributed by atoms with Gasteiger partial charge in [-0.2, -0.15) is 0 Å². The Morgan fingerprint density at radius 1 is 1.57 bits per heavy atom. The molecule has 0 N–H and O–H groups in total. The van der Waals surface area contributed by atoms with Crippen molar-refractivity contribution in [3.8, 4) is 0 Å². The number of rotatable bonds is 1. The highest BCUT2D eigenvalue weighted by Gasteiger charge is 2.25.